The Hall–Kier alpha value is -1.59. The Kier molecular flexibility index (Phi) is 6.92. The van der Waals surface area contributed by atoms with Crippen LogP contribution in [-0.2, 0) is 9.53 Å². The number of hydrogen-bond acceptors (Lipinski definition) is 4. The van der Waals surface area contributed by atoms with Crippen molar-refractivity contribution in [2.45, 2.75) is 19.4 Å². The standard InChI is InChI=1S/C14H21NO4/c1-11-5-3-4-6-13(11)19-8-7-14(17)15-12(9-16)10-18-2/h3-6,12,16H,7-10H2,1-2H3,(H,15,17). The van der Waals surface area contributed by atoms with Gasteiger partial charge in [0, 0.05) is 7.11 Å². The fraction of sp³-hybridized carbons (Fsp3) is 0.500. The van der Waals surface area contributed by atoms with Crippen molar-refractivity contribution in [2.24, 2.45) is 0 Å². The lowest BCUT2D eigenvalue weighted by molar-refractivity contribution is -0.123. The van der Waals surface area contributed by atoms with E-state index in [9.17, 15) is 4.79 Å². The molecule has 0 aromatic heterocycles. The van der Waals surface area contributed by atoms with E-state index in [-0.39, 0.29) is 25.0 Å². The maximum atomic E-state index is 11.6. The second-order valence-corrected chi connectivity index (χ2v) is 4.27. The second kappa shape index (κ2) is 8.50. The summed E-state index contributed by atoms with van der Waals surface area (Å²) < 4.78 is 10.4. The average molecular weight is 267 g/mol. The molecule has 1 aromatic rings. The first-order chi connectivity index (χ1) is 9.17. The normalized spacial score (nSPS) is 11.9. The number of amides is 1. The minimum Gasteiger partial charge on any atom is -0.493 e. The SMILES string of the molecule is COCC(CO)NC(=O)CCOc1ccccc1C. The van der Waals surface area contributed by atoms with Crippen molar-refractivity contribution < 1.29 is 19.4 Å². The predicted molar refractivity (Wildman–Crippen MR) is 72.2 cm³/mol. The van der Waals surface area contributed by atoms with E-state index in [4.69, 9.17) is 14.6 Å². The van der Waals surface area contributed by atoms with Crippen molar-refractivity contribution in [2.75, 3.05) is 26.9 Å². The molecule has 1 atom stereocenters. The number of aryl methyl sites for hydroxylation is 1. The molecule has 0 spiro atoms. The lowest BCUT2D eigenvalue weighted by atomic mass is 10.2. The highest BCUT2D eigenvalue weighted by atomic mass is 16.5. The van der Waals surface area contributed by atoms with Gasteiger partial charge in [-0.1, -0.05) is 18.2 Å². The van der Waals surface area contributed by atoms with Gasteiger partial charge in [0.25, 0.3) is 0 Å². The molecule has 0 heterocycles. The number of carbonyl (C=O) groups excluding carboxylic acids is 1. The van der Waals surface area contributed by atoms with Crippen molar-refractivity contribution >= 4 is 5.91 Å². The summed E-state index contributed by atoms with van der Waals surface area (Å²) in [6, 6.07) is 7.29. The van der Waals surface area contributed by atoms with Crippen LogP contribution in [0.1, 0.15) is 12.0 Å². The smallest absolute Gasteiger partial charge is 0.223 e. The number of hydrogen-bond donors (Lipinski definition) is 2. The number of rotatable bonds is 8. The van der Waals surface area contributed by atoms with E-state index in [1.165, 1.54) is 7.11 Å². The van der Waals surface area contributed by atoms with Crippen molar-refractivity contribution in [3.63, 3.8) is 0 Å². The molecule has 1 amide bonds. The van der Waals surface area contributed by atoms with Crippen LogP contribution in [0.25, 0.3) is 0 Å². The second-order valence-electron chi connectivity index (χ2n) is 4.27. The number of para-hydroxylation sites is 1. The number of benzene rings is 1. The van der Waals surface area contributed by atoms with E-state index in [0.717, 1.165) is 11.3 Å². The molecule has 106 valence electrons. The maximum Gasteiger partial charge on any atom is 0.223 e. The lowest BCUT2D eigenvalue weighted by Gasteiger charge is -2.15. The van der Waals surface area contributed by atoms with Crippen LogP contribution in [-0.4, -0.2) is 44.0 Å². The molecule has 5 heteroatoms. The average Bonchev–Trinajstić information content (AvgIpc) is 2.40. The highest BCUT2D eigenvalue weighted by molar-refractivity contribution is 5.76. The summed E-state index contributed by atoms with van der Waals surface area (Å²) in [5, 5.41) is 11.7. The Balaban J connectivity index is 2.29. The number of methoxy groups -OCH3 is 1. The molecule has 0 aliphatic carbocycles. The monoisotopic (exact) mass is 267 g/mol. The van der Waals surface area contributed by atoms with Crippen molar-refractivity contribution in [1.29, 1.82) is 0 Å². The van der Waals surface area contributed by atoms with E-state index >= 15 is 0 Å². The zero-order chi connectivity index (χ0) is 14.1. The molecule has 0 aliphatic heterocycles. The van der Waals surface area contributed by atoms with Gasteiger partial charge < -0.3 is 19.9 Å². The van der Waals surface area contributed by atoms with Crippen molar-refractivity contribution in [1.82, 2.24) is 5.32 Å². The summed E-state index contributed by atoms with van der Waals surface area (Å²) in [6.45, 7) is 2.41. The molecule has 1 rings (SSSR count). The summed E-state index contributed by atoms with van der Waals surface area (Å²) >= 11 is 0. The molecule has 0 radical (unpaired) electrons. The van der Waals surface area contributed by atoms with Crippen LogP contribution in [0, 0.1) is 6.92 Å². The Morgan fingerprint density at radius 3 is 2.79 bits per heavy atom. The van der Waals surface area contributed by atoms with Crippen molar-refractivity contribution in [3.05, 3.63) is 29.8 Å². The minimum absolute atomic E-state index is 0.141. The van der Waals surface area contributed by atoms with Crippen molar-refractivity contribution in [3.8, 4) is 5.75 Å². The van der Waals surface area contributed by atoms with E-state index in [1.807, 2.05) is 31.2 Å². The molecule has 1 unspecified atom stereocenters. The Morgan fingerprint density at radius 2 is 2.16 bits per heavy atom. The number of carbonyl (C=O) groups is 1. The van der Waals surface area contributed by atoms with Crippen LogP contribution in [0.4, 0.5) is 0 Å². The Bertz CT molecular complexity index is 395. The third kappa shape index (κ3) is 5.72. The van der Waals surface area contributed by atoms with E-state index in [0.29, 0.717) is 13.2 Å². The number of aliphatic hydroxyl groups excluding tert-OH is 1. The molecule has 19 heavy (non-hydrogen) atoms. The van der Waals surface area contributed by atoms with Gasteiger partial charge in [0.05, 0.1) is 32.3 Å². The number of aliphatic hydroxyl groups is 1. The quantitative estimate of drug-likeness (QED) is 0.734. The molecule has 0 saturated carbocycles. The largest absolute Gasteiger partial charge is 0.493 e. The maximum absolute atomic E-state index is 11.6. The van der Waals surface area contributed by atoms with Gasteiger partial charge in [-0.2, -0.15) is 0 Å². The zero-order valence-electron chi connectivity index (χ0n) is 11.4. The van der Waals surface area contributed by atoms with Crippen LogP contribution < -0.4 is 10.1 Å². The highest BCUT2D eigenvalue weighted by Crippen LogP contribution is 2.16. The topological polar surface area (TPSA) is 67.8 Å². The highest BCUT2D eigenvalue weighted by Gasteiger charge is 2.11. The van der Waals surface area contributed by atoms with E-state index in [2.05, 4.69) is 5.32 Å². The molecule has 0 aliphatic rings. The fourth-order valence-corrected chi connectivity index (χ4v) is 1.61. The molecule has 0 bridgehead atoms. The van der Waals surface area contributed by atoms with Gasteiger partial charge in [0.2, 0.25) is 5.91 Å². The van der Waals surface area contributed by atoms with Crippen LogP contribution in [0.3, 0.4) is 0 Å². The third-order valence-electron chi connectivity index (χ3n) is 2.63. The van der Waals surface area contributed by atoms with Gasteiger partial charge in [-0.05, 0) is 18.6 Å². The molecule has 2 N–H and O–H groups in total. The molecule has 0 saturated heterocycles. The predicted octanol–water partition coefficient (Wildman–Crippen LogP) is 0.887. The van der Waals surface area contributed by atoms with Gasteiger partial charge in [-0.3, -0.25) is 4.79 Å². The number of ether oxygens (including phenoxy) is 2. The first-order valence-electron chi connectivity index (χ1n) is 6.25. The Morgan fingerprint density at radius 1 is 1.42 bits per heavy atom. The molecule has 0 fully saturated rings. The molecule has 5 nitrogen and oxygen atoms in total. The first-order valence-corrected chi connectivity index (χ1v) is 6.25. The minimum atomic E-state index is -0.365. The van der Waals surface area contributed by atoms with Crippen LogP contribution in [0.15, 0.2) is 24.3 Å². The molecular formula is C14H21NO4. The van der Waals surface area contributed by atoms with Crippen LogP contribution >= 0.6 is 0 Å². The van der Waals surface area contributed by atoms with E-state index in [1.54, 1.807) is 0 Å². The molecule has 1 aromatic carbocycles. The van der Waals surface area contributed by atoms with Gasteiger partial charge in [0.1, 0.15) is 5.75 Å². The van der Waals surface area contributed by atoms with E-state index < -0.39 is 0 Å². The third-order valence-corrected chi connectivity index (χ3v) is 2.63. The summed E-state index contributed by atoms with van der Waals surface area (Å²) in [4.78, 5) is 11.6. The summed E-state index contributed by atoms with van der Waals surface area (Å²) in [6.07, 6.45) is 0.245. The summed E-state index contributed by atoms with van der Waals surface area (Å²) in [7, 11) is 1.52. The van der Waals surface area contributed by atoms with Gasteiger partial charge in [-0.25, -0.2) is 0 Å². The Labute approximate surface area is 113 Å². The van der Waals surface area contributed by atoms with Gasteiger partial charge >= 0.3 is 0 Å². The zero-order valence-corrected chi connectivity index (χ0v) is 11.4. The summed E-state index contributed by atoms with van der Waals surface area (Å²) in [5.74, 6) is 0.621. The van der Waals surface area contributed by atoms with Gasteiger partial charge in [-0.15, -0.1) is 0 Å². The number of nitrogens with one attached hydrogen (secondary N) is 1. The first kappa shape index (κ1) is 15.5. The van der Waals surface area contributed by atoms with Crippen LogP contribution in [0.2, 0.25) is 0 Å². The molecular weight excluding hydrogens is 246 g/mol. The van der Waals surface area contributed by atoms with Crippen LogP contribution in [0.5, 0.6) is 5.75 Å². The lowest BCUT2D eigenvalue weighted by Crippen LogP contribution is -2.41. The van der Waals surface area contributed by atoms with Gasteiger partial charge in [0.15, 0.2) is 0 Å². The fourth-order valence-electron chi connectivity index (χ4n) is 1.61. The summed E-state index contributed by atoms with van der Waals surface area (Å²) in [5.41, 5.74) is 1.04.